The van der Waals surface area contributed by atoms with E-state index in [-0.39, 0.29) is 11.0 Å². The smallest absolute Gasteiger partial charge is 0.198 e. The predicted octanol–water partition coefficient (Wildman–Crippen LogP) is 3.55. The SMILES string of the molecule is CC(C)CCC(=O)c1ccc(Cl)o1. The van der Waals surface area contributed by atoms with Crippen molar-refractivity contribution in [2.45, 2.75) is 26.7 Å². The molecule has 0 fully saturated rings. The van der Waals surface area contributed by atoms with Gasteiger partial charge in [-0.05, 0) is 36.1 Å². The molecule has 0 saturated heterocycles. The number of Topliss-reactive ketones (excluding diaryl/α,β-unsaturated/α-hetero) is 1. The Bertz CT molecular complexity index is 289. The average Bonchev–Trinajstić information content (AvgIpc) is 2.47. The minimum atomic E-state index is 0.0283. The van der Waals surface area contributed by atoms with Crippen LogP contribution in [0.25, 0.3) is 0 Å². The van der Waals surface area contributed by atoms with Gasteiger partial charge in [-0.1, -0.05) is 13.8 Å². The van der Waals surface area contributed by atoms with Gasteiger partial charge in [-0.3, -0.25) is 4.79 Å². The van der Waals surface area contributed by atoms with Crippen LogP contribution in [0.4, 0.5) is 0 Å². The van der Waals surface area contributed by atoms with Crippen LogP contribution in [-0.4, -0.2) is 5.78 Å². The van der Waals surface area contributed by atoms with Crippen LogP contribution in [0.2, 0.25) is 5.22 Å². The summed E-state index contributed by atoms with van der Waals surface area (Å²) in [6, 6.07) is 3.20. The fourth-order valence-electron chi connectivity index (χ4n) is 1.01. The zero-order valence-electron chi connectivity index (χ0n) is 7.84. The maximum atomic E-state index is 11.4. The van der Waals surface area contributed by atoms with E-state index in [0.717, 1.165) is 6.42 Å². The van der Waals surface area contributed by atoms with Gasteiger partial charge in [0.05, 0.1) is 0 Å². The Kier molecular flexibility index (Phi) is 3.55. The third-order valence-corrected chi connectivity index (χ3v) is 2.00. The standard InChI is InChI=1S/C10H13ClO2/c1-7(2)3-4-8(12)9-5-6-10(11)13-9/h5-7H,3-4H2,1-2H3. The third kappa shape index (κ3) is 3.23. The van der Waals surface area contributed by atoms with Crippen molar-refractivity contribution >= 4 is 17.4 Å². The molecular formula is C10H13ClO2. The maximum Gasteiger partial charge on any atom is 0.198 e. The molecule has 0 unspecified atom stereocenters. The third-order valence-electron chi connectivity index (χ3n) is 1.80. The number of furan rings is 1. The summed E-state index contributed by atoms with van der Waals surface area (Å²) in [7, 11) is 0. The van der Waals surface area contributed by atoms with Crippen molar-refractivity contribution in [3.05, 3.63) is 23.1 Å². The number of carbonyl (C=O) groups excluding carboxylic acids is 1. The molecule has 13 heavy (non-hydrogen) atoms. The zero-order valence-corrected chi connectivity index (χ0v) is 8.60. The summed E-state index contributed by atoms with van der Waals surface area (Å²) in [5.74, 6) is 0.931. The molecule has 0 radical (unpaired) electrons. The molecule has 1 rings (SSSR count). The number of halogens is 1. The topological polar surface area (TPSA) is 30.2 Å². The summed E-state index contributed by atoms with van der Waals surface area (Å²) in [5.41, 5.74) is 0. The summed E-state index contributed by atoms with van der Waals surface area (Å²) >= 11 is 5.55. The van der Waals surface area contributed by atoms with E-state index in [1.165, 1.54) is 0 Å². The number of hydrogen-bond donors (Lipinski definition) is 0. The zero-order chi connectivity index (χ0) is 9.84. The predicted molar refractivity (Wildman–Crippen MR) is 52.1 cm³/mol. The van der Waals surface area contributed by atoms with E-state index in [9.17, 15) is 4.79 Å². The molecule has 0 amide bonds. The lowest BCUT2D eigenvalue weighted by molar-refractivity contribution is 0.0948. The lowest BCUT2D eigenvalue weighted by Crippen LogP contribution is -1.99. The molecule has 72 valence electrons. The number of hydrogen-bond acceptors (Lipinski definition) is 2. The van der Waals surface area contributed by atoms with Gasteiger partial charge in [0.2, 0.25) is 0 Å². The molecule has 3 heteroatoms. The summed E-state index contributed by atoms with van der Waals surface area (Å²) < 4.78 is 4.99. The molecule has 1 aromatic heterocycles. The van der Waals surface area contributed by atoms with Gasteiger partial charge in [-0.2, -0.15) is 0 Å². The van der Waals surface area contributed by atoms with Crippen LogP contribution in [0.15, 0.2) is 16.5 Å². The summed E-state index contributed by atoms with van der Waals surface area (Å²) in [4.78, 5) is 11.4. The van der Waals surface area contributed by atoms with Gasteiger partial charge in [-0.15, -0.1) is 0 Å². The van der Waals surface area contributed by atoms with Gasteiger partial charge in [0, 0.05) is 6.42 Å². The Morgan fingerprint density at radius 2 is 2.23 bits per heavy atom. The highest BCUT2D eigenvalue weighted by Gasteiger charge is 2.10. The molecule has 0 saturated carbocycles. The summed E-state index contributed by atoms with van der Waals surface area (Å²) in [6.07, 6.45) is 1.42. The van der Waals surface area contributed by atoms with Crippen molar-refractivity contribution in [1.29, 1.82) is 0 Å². The lowest BCUT2D eigenvalue weighted by atomic mass is 10.1. The molecule has 0 aliphatic rings. The van der Waals surface area contributed by atoms with Crippen molar-refractivity contribution in [2.75, 3.05) is 0 Å². The van der Waals surface area contributed by atoms with Crippen LogP contribution in [0, 0.1) is 5.92 Å². The number of carbonyl (C=O) groups is 1. The average molecular weight is 201 g/mol. The minimum Gasteiger partial charge on any atom is -0.442 e. The van der Waals surface area contributed by atoms with E-state index in [2.05, 4.69) is 13.8 Å². The molecule has 1 heterocycles. The summed E-state index contributed by atoms with van der Waals surface area (Å²) in [6.45, 7) is 4.17. The van der Waals surface area contributed by atoms with E-state index < -0.39 is 0 Å². The molecular weight excluding hydrogens is 188 g/mol. The van der Waals surface area contributed by atoms with E-state index in [1.54, 1.807) is 12.1 Å². The molecule has 0 aromatic carbocycles. The van der Waals surface area contributed by atoms with Crippen molar-refractivity contribution < 1.29 is 9.21 Å². The highest BCUT2D eigenvalue weighted by atomic mass is 35.5. The van der Waals surface area contributed by atoms with Crippen LogP contribution in [-0.2, 0) is 0 Å². The van der Waals surface area contributed by atoms with Gasteiger partial charge in [0.1, 0.15) is 0 Å². The highest BCUT2D eigenvalue weighted by molar-refractivity contribution is 6.29. The second kappa shape index (κ2) is 4.47. The first-order valence-corrected chi connectivity index (χ1v) is 4.76. The monoisotopic (exact) mass is 200 g/mol. The first-order valence-electron chi connectivity index (χ1n) is 4.38. The van der Waals surface area contributed by atoms with E-state index in [1.807, 2.05) is 0 Å². The van der Waals surface area contributed by atoms with Crippen LogP contribution < -0.4 is 0 Å². The Balaban J connectivity index is 2.49. The van der Waals surface area contributed by atoms with E-state index in [4.69, 9.17) is 16.0 Å². The second-order valence-corrected chi connectivity index (χ2v) is 3.83. The Labute approximate surface area is 82.9 Å². The van der Waals surface area contributed by atoms with Gasteiger partial charge in [0.15, 0.2) is 16.8 Å². The second-order valence-electron chi connectivity index (χ2n) is 3.46. The van der Waals surface area contributed by atoms with Gasteiger partial charge >= 0.3 is 0 Å². The fourth-order valence-corrected chi connectivity index (χ4v) is 1.15. The number of rotatable bonds is 4. The Morgan fingerprint density at radius 1 is 1.54 bits per heavy atom. The molecule has 0 spiro atoms. The molecule has 0 atom stereocenters. The van der Waals surface area contributed by atoms with Gasteiger partial charge < -0.3 is 4.42 Å². The molecule has 1 aromatic rings. The molecule has 2 nitrogen and oxygen atoms in total. The van der Waals surface area contributed by atoms with Crippen molar-refractivity contribution in [3.63, 3.8) is 0 Å². The minimum absolute atomic E-state index is 0.0283. The van der Waals surface area contributed by atoms with E-state index >= 15 is 0 Å². The largest absolute Gasteiger partial charge is 0.442 e. The molecule has 0 aliphatic heterocycles. The van der Waals surface area contributed by atoms with Crippen LogP contribution in [0.1, 0.15) is 37.2 Å². The van der Waals surface area contributed by atoms with Crippen LogP contribution in [0.3, 0.4) is 0 Å². The molecule has 0 bridgehead atoms. The van der Waals surface area contributed by atoms with Gasteiger partial charge in [-0.25, -0.2) is 0 Å². The van der Waals surface area contributed by atoms with E-state index in [0.29, 0.717) is 18.1 Å². The van der Waals surface area contributed by atoms with Gasteiger partial charge in [0.25, 0.3) is 0 Å². The fraction of sp³-hybridized carbons (Fsp3) is 0.500. The molecule has 0 N–H and O–H groups in total. The van der Waals surface area contributed by atoms with Crippen molar-refractivity contribution in [2.24, 2.45) is 5.92 Å². The van der Waals surface area contributed by atoms with Crippen LogP contribution >= 0.6 is 11.6 Å². The van der Waals surface area contributed by atoms with Crippen molar-refractivity contribution in [3.8, 4) is 0 Å². The quantitative estimate of drug-likeness (QED) is 0.696. The molecule has 0 aliphatic carbocycles. The lowest BCUT2D eigenvalue weighted by Gasteiger charge is -2.00. The van der Waals surface area contributed by atoms with Crippen molar-refractivity contribution in [1.82, 2.24) is 0 Å². The summed E-state index contributed by atoms with van der Waals surface area (Å²) in [5, 5.41) is 0.271. The highest BCUT2D eigenvalue weighted by Crippen LogP contribution is 2.16. The Morgan fingerprint density at radius 3 is 2.69 bits per heavy atom. The first-order chi connectivity index (χ1) is 6.09. The number of ketones is 1. The normalized spacial score (nSPS) is 10.8. The maximum absolute atomic E-state index is 11.4. The Hall–Kier alpha value is -0.760. The van der Waals surface area contributed by atoms with Crippen LogP contribution in [0.5, 0.6) is 0 Å². The first kappa shape index (κ1) is 10.3.